The Bertz CT molecular complexity index is 366. The van der Waals surface area contributed by atoms with Gasteiger partial charge in [-0.05, 0) is 0 Å². The quantitative estimate of drug-likeness (QED) is 0.585. The van der Waals surface area contributed by atoms with Gasteiger partial charge in [0.15, 0.2) is 13.2 Å². The van der Waals surface area contributed by atoms with Crippen LogP contribution in [0.2, 0.25) is 0 Å². The van der Waals surface area contributed by atoms with Gasteiger partial charge in [-0.15, -0.1) is 0 Å². The Morgan fingerprint density at radius 1 is 0.708 bits per heavy atom. The molecule has 0 aromatic carbocycles. The van der Waals surface area contributed by atoms with Crippen molar-refractivity contribution in [1.82, 2.24) is 0 Å². The van der Waals surface area contributed by atoms with Gasteiger partial charge in [0.1, 0.15) is 6.61 Å². The second kappa shape index (κ2) is 9.92. The van der Waals surface area contributed by atoms with Crippen molar-refractivity contribution >= 4 is 12.3 Å². The molecule has 0 heterocycles. The maximum absolute atomic E-state index is 11.3. The first-order valence-electron chi connectivity index (χ1n) is 5.37. The van der Waals surface area contributed by atoms with Crippen LogP contribution in [-0.4, -0.2) is 55.8 Å². The normalized spacial score (nSPS) is 11.9. The molecule has 0 saturated heterocycles. The summed E-state index contributed by atoms with van der Waals surface area (Å²) in [6.45, 7) is -4.80. The summed E-state index contributed by atoms with van der Waals surface area (Å²) in [7, 11) is 0. The summed E-state index contributed by atoms with van der Waals surface area (Å²) in [5.74, 6) is 0. The third kappa shape index (κ3) is 24.9. The molecule has 0 rings (SSSR count). The lowest BCUT2D eigenvalue weighted by atomic mass is 10.4. The fourth-order valence-electron chi connectivity index (χ4n) is 0.577. The Morgan fingerprint density at radius 2 is 1.08 bits per heavy atom. The lowest BCUT2D eigenvalue weighted by Crippen LogP contribution is -2.24. The molecule has 0 atom stereocenters. The monoisotopic (exact) mass is 384 g/mol. The molecule has 0 amide bonds. The van der Waals surface area contributed by atoms with Crippen molar-refractivity contribution in [1.29, 1.82) is 0 Å². The highest BCUT2D eigenvalue weighted by Gasteiger charge is 2.33. The largest absolute Gasteiger partial charge is 0.508 e. The van der Waals surface area contributed by atoms with E-state index in [1.165, 1.54) is 0 Å². The molecule has 0 bridgehead atoms. The molecule has 0 aliphatic heterocycles. The van der Waals surface area contributed by atoms with Crippen molar-refractivity contribution in [3.8, 4) is 0 Å². The molecule has 0 spiro atoms. The summed E-state index contributed by atoms with van der Waals surface area (Å²) in [5, 5.41) is 7.72. The predicted molar refractivity (Wildman–Crippen MR) is 54.1 cm³/mol. The maximum Gasteiger partial charge on any atom is 0.508 e. The third-order valence-electron chi connectivity index (χ3n) is 1.32. The van der Waals surface area contributed by atoms with Crippen molar-refractivity contribution in [3.63, 3.8) is 0 Å². The van der Waals surface area contributed by atoms with E-state index in [0.717, 1.165) is 0 Å². The molecule has 0 unspecified atom stereocenters. The molecule has 6 nitrogen and oxygen atoms in total. The SMILES string of the molecule is O=C(O)OCCC(F)(F)F.O=C(OCC(F)(F)F)OCC(F)(F)F. The smallest absolute Gasteiger partial charge is 0.450 e. The lowest BCUT2D eigenvalue weighted by Gasteiger charge is -2.09. The van der Waals surface area contributed by atoms with Gasteiger partial charge in [-0.2, -0.15) is 39.5 Å². The van der Waals surface area contributed by atoms with Gasteiger partial charge in [0, 0.05) is 0 Å². The second-order valence-corrected chi connectivity index (χ2v) is 3.54. The van der Waals surface area contributed by atoms with E-state index in [0.29, 0.717) is 0 Å². The molecule has 0 aromatic rings. The zero-order valence-corrected chi connectivity index (χ0v) is 11.2. The number of carbonyl (C=O) groups excluding carboxylic acids is 1. The van der Waals surface area contributed by atoms with Crippen molar-refractivity contribution in [3.05, 3.63) is 0 Å². The number of hydrogen-bond acceptors (Lipinski definition) is 5. The number of ether oxygens (including phenoxy) is 3. The Morgan fingerprint density at radius 3 is 1.33 bits per heavy atom. The minimum Gasteiger partial charge on any atom is -0.450 e. The standard InChI is InChI=1S/C5H4F6O3.C4H5F3O3/c6-4(7,8)1-13-3(12)14-2-5(9,10)11;5-4(6,7)1-2-10-3(8)9/h1-2H2;1-2H2,(H,8,9). The van der Waals surface area contributed by atoms with Gasteiger partial charge in [-0.3, -0.25) is 0 Å². The fraction of sp³-hybridized carbons (Fsp3) is 0.778. The van der Waals surface area contributed by atoms with Gasteiger partial charge in [0.25, 0.3) is 0 Å². The average Bonchev–Trinajstić information content (AvgIpc) is 2.30. The maximum atomic E-state index is 11.3. The van der Waals surface area contributed by atoms with E-state index in [1.54, 1.807) is 0 Å². The zero-order chi connectivity index (χ0) is 19.6. The van der Waals surface area contributed by atoms with Crippen LogP contribution in [0.4, 0.5) is 49.1 Å². The molecular weight excluding hydrogens is 375 g/mol. The van der Waals surface area contributed by atoms with Gasteiger partial charge >= 0.3 is 30.8 Å². The third-order valence-corrected chi connectivity index (χ3v) is 1.32. The van der Waals surface area contributed by atoms with E-state index < -0.39 is 57.1 Å². The zero-order valence-electron chi connectivity index (χ0n) is 11.2. The van der Waals surface area contributed by atoms with Gasteiger partial charge in [-0.25, -0.2) is 9.59 Å². The van der Waals surface area contributed by atoms with E-state index in [1.807, 2.05) is 0 Å². The molecule has 24 heavy (non-hydrogen) atoms. The summed E-state index contributed by atoms with van der Waals surface area (Å²) < 4.78 is 112. The fourth-order valence-corrected chi connectivity index (χ4v) is 0.577. The lowest BCUT2D eigenvalue weighted by molar-refractivity contribution is -0.182. The van der Waals surface area contributed by atoms with Crippen LogP contribution in [0.25, 0.3) is 0 Å². The molecular formula is C9H9F9O6. The van der Waals surface area contributed by atoms with E-state index in [-0.39, 0.29) is 0 Å². The molecule has 0 aliphatic carbocycles. The minimum atomic E-state index is -4.79. The molecule has 0 saturated carbocycles. The van der Waals surface area contributed by atoms with Crippen LogP contribution in [0.3, 0.4) is 0 Å². The van der Waals surface area contributed by atoms with Crippen LogP contribution in [-0.2, 0) is 14.2 Å². The number of alkyl halides is 9. The number of halogens is 9. The highest BCUT2D eigenvalue weighted by Crippen LogP contribution is 2.19. The minimum absolute atomic E-state index is 0.834. The Kier molecular flexibility index (Phi) is 9.99. The topological polar surface area (TPSA) is 82.1 Å². The Hall–Kier alpha value is -2.09. The predicted octanol–water partition coefficient (Wildman–Crippen LogP) is 3.90. The summed E-state index contributed by atoms with van der Waals surface area (Å²) >= 11 is 0. The van der Waals surface area contributed by atoms with Gasteiger partial charge in [0.05, 0.1) is 6.42 Å². The van der Waals surface area contributed by atoms with Gasteiger partial charge in [0.2, 0.25) is 0 Å². The first-order chi connectivity index (χ1) is 10.5. The van der Waals surface area contributed by atoms with E-state index >= 15 is 0 Å². The molecule has 0 aromatic heterocycles. The summed E-state index contributed by atoms with van der Waals surface area (Å²) in [6, 6.07) is 0. The van der Waals surface area contributed by atoms with Crippen molar-refractivity contribution in [2.75, 3.05) is 19.8 Å². The van der Waals surface area contributed by atoms with Gasteiger partial charge < -0.3 is 19.3 Å². The van der Waals surface area contributed by atoms with Crippen molar-refractivity contribution < 1.29 is 68.4 Å². The molecule has 0 fully saturated rings. The number of carboxylic acid groups (broad SMARTS) is 1. The average molecular weight is 384 g/mol. The Labute approximate surface area is 127 Å². The van der Waals surface area contributed by atoms with E-state index in [4.69, 9.17) is 5.11 Å². The first-order valence-corrected chi connectivity index (χ1v) is 5.37. The van der Waals surface area contributed by atoms with E-state index in [2.05, 4.69) is 14.2 Å². The van der Waals surface area contributed by atoms with Crippen LogP contribution in [0.5, 0.6) is 0 Å². The van der Waals surface area contributed by atoms with Crippen LogP contribution in [0.1, 0.15) is 6.42 Å². The van der Waals surface area contributed by atoms with Crippen molar-refractivity contribution in [2.45, 2.75) is 24.9 Å². The summed E-state index contributed by atoms with van der Waals surface area (Å²) in [4.78, 5) is 19.6. The second-order valence-electron chi connectivity index (χ2n) is 3.54. The highest BCUT2D eigenvalue weighted by molar-refractivity contribution is 5.59. The highest BCUT2D eigenvalue weighted by atomic mass is 19.4. The van der Waals surface area contributed by atoms with Crippen molar-refractivity contribution in [2.24, 2.45) is 0 Å². The molecule has 0 radical (unpaired) electrons. The van der Waals surface area contributed by atoms with Crippen LogP contribution < -0.4 is 0 Å². The summed E-state index contributed by atoms with van der Waals surface area (Å²) in [6.07, 6.45) is -18.9. The molecule has 0 aliphatic rings. The van der Waals surface area contributed by atoms with Crippen LogP contribution >= 0.6 is 0 Å². The van der Waals surface area contributed by atoms with Crippen LogP contribution in [0.15, 0.2) is 0 Å². The molecule has 15 heteroatoms. The number of hydrogen-bond donors (Lipinski definition) is 1. The summed E-state index contributed by atoms with van der Waals surface area (Å²) in [5.41, 5.74) is 0. The number of rotatable bonds is 4. The molecule has 144 valence electrons. The van der Waals surface area contributed by atoms with Gasteiger partial charge in [-0.1, -0.05) is 0 Å². The Balaban J connectivity index is 0. The van der Waals surface area contributed by atoms with E-state index in [9.17, 15) is 49.1 Å². The number of carbonyl (C=O) groups is 2. The first kappa shape index (κ1) is 24.2. The molecule has 1 N–H and O–H groups in total. The van der Waals surface area contributed by atoms with Crippen LogP contribution in [0, 0.1) is 0 Å².